The van der Waals surface area contributed by atoms with Gasteiger partial charge in [-0.25, -0.2) is 4.39 Å². The molecular weight excluding hydrogens is 451 g/mol. The van der Waals surface area contributed by atoms with E-state index in [-0.39, 0.29) is 23.0 Å². The monoisotopic (exact) mass is 475 g/mol. The molecule has 11 heteroatoms. The Balaban J connectivity index is 1.61. The lowest BCUT2D eigenvalue weighted by Gasteiger charge is -2.40. The number of rotatable bonds is 2. The number of imidazole rings is 1. The first-order valence-electron chi connectivity index (χ1n) is 11.4. The summed E-state index contributed by atoms with van der Waals surface area (Å²) >= 11 is 0. The highest BCUT2D eigenvalue weighted by atomic mass is 19.1. The molecule has 5 heterocycles. The van der Waals surface area contributed by atoms with E-state index >= 15 is 0 Å². The van der Waals surface area contributed by atoms with E-state index in [0.29, 0.717) is 35.9 Å². The summed E-state index contributed by atoms with van der Waals surface area (Å²) in [6.45, 7) is 8.64. The lowest BCUT2D eigenvalue weighted by atomic mass is 9.87. The number of benzene rings is 1. The summed E-state index contributed by atoms with van der Waals surface area (Å²) in [6, 6.07) is 8.09. The highest BCUT2D eigenvalue weighted by Crippen LogP contribution is 2.36. The number of carbonyl (C=O) groups excluding carboxylic acids is 2. The molecule has 0 radical (unpaired) electrons. The van der Waals surface area contributed by atoms with Crippen LogP contribution >= 0.6 is 0 Å². The van der Waals surface area contributed by atoms with Gasteiger partial charge in [0.05, 0.1) is 11.8 Å². The molecule has 10 nitrogen and oxygen atoms in total. The molecule has 1 unspecified atom stereocenters. The Morgan fingerprint density at radius 3 is 2.54 bits per heavy atom. The van der Waals surface area contributed by atoms with Crippen molar-refractivity contribution in [1.82, 2.24) is 29.9 Å². The predicted molar refractivity (Wildman–Crippen MR) is 123 cm³/mol. The van der Waals surface area contributed by atoms with Gasteiger partial charge in [0.1, 0.15) is 11.5 Å². The van der Waals surface area contributed by atoms with Gasteiger partial charge in [-0.15, -0.1) is 5.10 Å². The molecule has 1 saturated heterocycles. The highest BCUT2D eigenvalue weighted by Gasteiger charge is 2.62. The quantitative estimate of drug-likeness (QED) is 0.447. The lowest BCUT2D eigenvalue weighted by Crippen LogP contribution is -2.72. The number of carbonyl (C=O) groups is 2. The first kappa shape index (κ1) is 21.4. The largest absolute Gasteiger partial charge is 0.314 e. The average molecular weight is 476 g/mol. The van der Waals surface area contributed by atoms with Crippen LogP contribution in [-0.4, -0.2) is 54.8 Å². The van der Waals surface area contributed by atoms with Gasteiger partial charge in [-0.3, -0.25) is 19.4 Å². The zero-order valence-electron chi connectivity index (χ0n) is 19.8. The number of hydrogen-bond acceptors (Lipinski definition) is 5. The smallest absolute Gasteiger partial charge is 0.286 e. The number of anilines is 1. The molecular formula is C24H24FN8O2+. The van der Waals surface area contributed by atoms with Crippen LogP contribution in [0.15, 0.2) is 42.7 Å². The van der Waals surface area contributed by atoms with Crippen LogP contribution in [0.1, 0.15) is 43.7 Å². The van der Waals surface area contributed by atoms with Gasteiger partial charge in [-0.05, 0) is 35.7 Å². The zero-order valence-corrected chi connectivity index (χ0v) is 19.8. The molecule has 1 fully saturated rings. The summed E-state index contributed by atoms with van der Waals surface area (Å²) in [7, 11) is 0. The van der Waals surface area contributed by atoms with Gasteiger partial charge in [0.15, 0.2) is 12.0 Å². The van der Waals surface area contributed by atoms with Crippen molar-refractivity contribution in [2.45, 2.75) is 38.8 Å². The molecule has 0 spiro atoms. The minimum Gasteiger partial charge on any atom is -0.286 e. The zero-order chi connectivity index (χ0) is 24.7. The van der Waals surface area contributed by atoms with Crippen molar-refractivity contribution < 1.29 is 18.5 Å². The summed E-state index contributed by atoms with van der Waals surface area (Å²) in [6.07, 6.45) is 3.17. The van der Waals surface area contributed by atoms with E-state index in [1.165, 1.54) is 18.3 Å². The molecule has 35 heavy (non-hydrogen) atoms. The van der Waals surface area contributed by atoms with E-state index in [9.17, 15) is 14.0 Å². The van der Waals surface area contributed by atoms with Gasteiger partial charge in [0.25, 0.3) is 11.6 Å². The number of halogens is 1. The summed E-state index contributed by atoms with van der Waals surface area (Å²) in [4.78, 5) is 30.6. The summed E-state index contributed by atoms with van der Waals surface area (Å²) < 4.78 is 17.0. The minimum absolute atomic E-state index is 0.227. The van der Waals surface area contributed by atoms with Crippen LogP contribution in [0.4, 0.5) is 10.2 Å². The topological polar surface area (TPSA) is 103 Å². The maximum atomic E-state index is 13.9. The number of fused-ring (bicyclic) bond motifs is 5. The number of amides is 2. The first-order valence-corrected chi connectivity index (χ1v) is 11.4. The van der Waals surface area contributed by atoms with Crippen molar-refractivity contribution in [3.05, 3.63) is 59.8 Å². The van der Waals surface area contributed by atoms with E-state index in [0.717, 1.165) is 11.1 Å². The molecule has 0 aliphatic carbocycles. The average Bonchev–Trinajstić information content (AvgIpc) is 3.51. The van der Waals surface area contributed by atoms with E-state index in [1.807, 2.05) is 6.07 Å². The van der Waals surface area contributed by atoms with Crippen LogP contribution < -0.4 is 9.47 Å². The van der Waals surface area contributed by atoms with Crippen molar-refractivity contribution in [2.75, 3.05) is 18.0 Å². The summed E-state index contributed by atoms with van der Waals surface area (Å²) in [5.74, 6) is -0.416. The normalized spacial score (nSPS) is 20.0. The van der Waals surface area contributed by atoms with Crippen molar-refractivity contribution >= 4 is 23.3 Å². The SMILES string of the molecule is CC(C)(C)c1cc(-c2ccc(F)cc2)nn2cc3[n+](c12)C1(C)C(=O)N(c2cn[nH]n2)CCN1C3=O. The Morgan fingerprint density at radius 2 is 1.89 bits per heavy atom. The van der Waals surface area contributed by atoms with Crippen LogP contribution in [0.2, 0.25) is 0 Å². The van der Waals surface area contributed by atoms with Gasteiger partial charge in [0.2, 0.25) is 5.69 Å². The lowest BCUT2D eigenvalue weighted by molar-refractivity contribution is -0.731. The maximum absolute atomic E-state index is 13.9. The third-order valence-electron chi connectivity index (χ3n) is 6.90. The Morgan fingerprint density at radius 1 is 1.14 bits per heavy atom. The maximum Gasteiger partial charge on any atom is 0.314 e. The number of aromatic amines is 1. The Labute approximate surface area is 200 Å². The molecule has 3 aromatic heterocycles. The van der Waals surface area contributed by atoms with Crippen molar-refractivity contribution in [3.8, 4) is 11.3 Å². The Kier molecular flexibility index (Phi) is 4.24. The van der Waals surface area contributed by atoms with Crippen LogP contribution in [-0.2, 0) is 15.9 Å². The molecule has 0 saturated carbocycles. The minimum atomic E-state index is -1.29. The second-order valence-corrected chi connectivity index (χ2v) is 10.1. The van der Waals surface area contributed by atoms with Crippen molar-refractivity contribution in [3.63, 3.8) is 0 Å². The fourth-order valence-corrected chi connectivity index (χ4v) is 5.11. The van der Waals surface area contributed by atoms with Gasteiger partial charge in [-0.1, -0.05) is 30.4 Å². The number of nitrogens with zero attached hydrogens (tertiary/aromatic N) is 7. The predicted octanol–water partition coefficient (Wildman–Crippen LogP) is 2.02. The molecule has 0 bridgehead atoms. The van der Waals surface area contributed by atoms with Crippen LogP contribution in [0, 0.1) is 5.82 Å². The van der Waals surface area contributed by atoms with Crippen LogP contribution in [0.25, 0.3) is 16.9 Å². The van der Waals surface area contributed by atoms with Gasteiger partial charge < -0.3 is 0 Å². The molecule has 1 aromatic carbocycles. The standard InChI is InChI=1S/C24H24FN8O2/c1-23(2,3)16-11-17(14-5-7-15(25)8-6-14)28-32-13-18-21(34)31-10-9-30(19-12-26-29-27-19)22(35)24(31,4)33(18)20(16)32/h5-8,11-13H,9-10H2,1-4H3,(H,26,27,29)/q+1. The highest BCUT2D eigenvalue weighted by molar-refractivity contribution is 6.04. The molecule has 178 valence electrons. The van der Waals surface area contributed by atoms with Gasteiger partial charge in [-0.2, -0.15) is 14.9 Å². The number of hydrogen-bond donors (Lipinski definition) is 1. The second kappa shape index (κ2) is 6.94. The van der Waals surface area contributed by atoms with Crippen molar-refractivity contribution in [2.24, 2.45) is 0 Å². The van der Waals surface area contributed by atoms with Crippen molar-refractivity contribution in [1.29, 1.82) is 0 Å². The van der Waals surface area contributed by atoms with E-state index in [1.54, 1.807) is 44.1 Å². The number of H-pyrrole nitrogens is 1. The third kappa shape index (κ3) is 2.87. The van der Waals surface area contributed by atoms with Crippen LogP contribution in [0.5, 0.6) is 0 Å². The van der Waals surface area contributed by atoms with E-state index in [2.05, 4.69) is 36.2 Å². The molecule has 4 aromatic rings. The summed E-state index contributed by atoms with van der Waals surface area (Å²) in [5, 5.41) is 15.2. The molecule has 6 rings (SSSR count). The molecule has 1 atom stereocenters. The molecule has 2 amide bonds. The number of piperazine rings is 1. The fraction of sp³-hybridized carbons (Fsp3) is 0.333. The number of aromatic nitrogens is 6. The van der Waals surface area contributed by atoms with E-state index < -0.39 is 5.66 Å². The Hall–Kier alpha value is -4.15. The van der Waals surface area contributed by atoms with Crippen LogP contribution in [0.3, 0.4) is 0 Å². The molecule has 2 aliphatic heterocycles. The fourth-order valence-electron chi connectivity index (χ4n) is 5.11. The third-order valence-corrected chi connectivity index (χ3v) is 6.90. The van der Waals surface area contributed by atoms with Gasteiger partial charge in [0, 0.05) is 25.6 Å². The Bertz CT molecular complexity index is 1500. The first-order chi connectivity index (χ1) is 16.6. The molecule has 2 aliphatic rings. The number of nitrogens with one attached hydrogen (secondary N) is 1. The second-order valence-electron chi connectivity index (χ2n) is 10.1. The van der Waals surface area contributed by atoms with E-state index in [4.69, 9.17) is 5.10 Å². The van der Waals surface area contributed by atoms with Gasteiger partial charge >= 0.3 is 11.6 Å². The molecule has 1 N–H and O–H groups in total. The summed E-state index contributed by atoms with van der Waals surface area (Å²) in [5.41, 5.74) is 1.70.